The highest BCUT2D eigenvalue weighted by molar-refractivity contribution is 5.95. The lowest BCUT2D eigenvalue weighted by atomic mass is 10.3. The summed E-state index contributed by atoms with van der Waals surface area (Å²) in [7, 11) is 0. The summed E-state index contributed by atoms with van der Waals surface area (Å²) in [5.41, 5.74) is 0.386. The van der Waals surface area contributed by atoms with Gasteiger partial charge >= 0.3 is 0 Å². The van der Waals surface area contributed by atoms with E-state index in [0.717, 1.165) is 6.42 Å². The quantitative estimate of drug-likeness (QED) is 0.725. The maximum absolute atomic E-state index is 12.0. The molecule has 0 bridgehead atoms. The summed E-state index contributed by atoms with van der Waals surface area (Å²) in [6, 6.07) is 5.18. The molecule has 0 unspecified atom stereocenters. The normalized spacial score (nSPS) is 16.5. The molecule has 1 saturated heterocycles. The first-order chi connectivity index (χ1) is 7.77. The van der Waals surface area contributed by atoms with E-state index in [1.54, 1.807) is 24.4 Å². The Labute approximate surface area is 93.5 Å². The molecule has 1 N–H and O–H groups in total. The highest BCUT2D eigenvalue weighted by Crippen LogP contribution is 2.04. The molecule has 84 valence electrons. The molecule has 2 amide bonds. The fraction of sp³-hybridized carbons (Fsp3) is 0.364. The van der Waals surface area contributed by atoms with Gasteiger partial charge in [0.1, 0.15) is 5.69 Å². The van der Waals surface area contributed by atoms with E-state index in [1.165, 1.54) is 4.90 Å². The van der Waals surface area contributed by atoms with E-state index in [4.69, 9.17) is 0 Å². The van der Waals surface area contributed by atoms with Crippen LogP contribution in [0.5, 0.6) is 0 Å². The van der Waals surface area contributed by atoms with Crippen LogP contribution in [0.4, 0.5) is 0 Å². The molecule has 2 rings (SSSR count). The third-order valence-corrected chi connectivity index (χ3v) is 2.43. The minimum absolute atomic E-state index is 0.109. The fourth-order valence-electron chi connectivity index (χ4n) is 1.63. The van der Waals surface area contributed by atoms with E-state index in [1.807, 2.05) is 0 Å². The van der Waals surface area contributed by atoms with Gasteiger partial charge in [-0.15, -0.1) is 0 Å². The van der Waals surface area contributed by atoms with Crippen molar-refractivity contribution < 1.29 is 9.59 Å². The molecule has 1 fully saturated rings. The van der Waals surface area contributed by atoms with Crippen LogP contribution in [-0.2, 0) is 4.79 Å². The van der Waals surface area contributed by atoms with Crippen molar-refractivity contribution in [2.24, 2.45) is 0 Å². The molecular formula is C11H13N3O2. The number of carbonyl (C=O) groups is 2. The summed E-state index contributed by atoms with van der Waals surface area (Å²) in [5.74, 6) is -0.292. The van der Waals surface area contributed by atoms with Crippen molar-refractivity contribution in [2.45, 2.75) is 6.42 Å². The maximum atomic E-state index is 12.0. The third kappa shape index (κ3) is 2.36. The Hall–Kier alpha value is -1.91. The molecule has 1 aliphatic heterocycles. The van der Waals surface area contributed by atoms with Gasteiger partial charge in [-0.05, 0) is 18.6 Å². The Bertz CT molecular complexity index is 391. The average molecular weight is 219 g/mol. The Kier molecular flexibility index (Phi) is 3.14. The molecule has 5 heteroatoms. The van der Waals surface area contributed by atoms with Gasteiger partial charge in [0.25, 0.3) is 5.91 Å². The van der Waals surface area contributed by atoms with Gasteiger partial charge in [0.05, 0.1) is 6.54 Å². The van der Waals surface area contributed by atoms with Crippen molar-refractivity contribution in [3.63, 3.8) is 0 Å². The number of nitrogens with zero attached hydrogens (tertiary/aromatic N) is 2. The third-order valence-electron chi connectivity index (χ3n) is 2.43. The molecule has 0 aromatic carbocycles. The summed E-state index contributed by atoms with van der Waals surface area (Å²) in [6.45, 7) is 1.34. The highest BCUT2D eigenvalue weighted by Gasteiger charge is 2.21. The Morgan fingerprint density at radius 1 is 1.44 bits per heavy atom. The average Bonchev–Trinajstić information content (AvgIpc) is 2.54. The summed E-state index contributed by atoms with van der Waals surface area (Å²) in [6.07, 6.45) is 2.36. The Balaban J connectivity index is 2.12. The van der Waals surface area contributed by atoms with Crippen molar-refractivity contribution in [3.05, 3.63) is 30.1 Å². The predicted octanol–water partition coefficient (Wildman–Crippen LogP) is 0.0437. The van der Waals surface area contributed by atoms with Crippen LogP contribution in [-0.4, -0.2) is 41.3 Å². The summed E-state index contributed by atoms with van der Waals surface area (Å²) < 4.78 is 0. The van der Waals surface area contributed by atoms with Gasteiger partial charge in [-0.2, -0.15) is 0 Å². The second-order valence-electron chi connectivity index (χ2n) is 3.65. The van der Waals surface area contributed by atoms with Crippen LogP contribution in [0.25, 0.3) is 0 Å². The van der Waals surface area contributed by atoms with Gasteiger partial charge in [-0.25, -0.2) is 0 Å². The van der Waals surface area contributed by atoms with E-state index in [9.17, 15) is 9.59 Å². The topological polar surface area (TPSA) is 62.3 Å². The molecule has 2 heterocycles. The number of amides is 2. The van der Waals surface area contributed by atoms with Crippen LogP contribution in [0.2, 0.25) is 0 Å². The number of pyridine rings is 1. The molecule has 0 radical (unpaired) electrons. The molecule has 16 heavy (non-hydrogen) atoms. The lowest BCUT2D eigenvalue weighted by Gasteiger charge is -2.18. The fourth-order valence-corrected chi connectivity index (χ4v) is 1.63. The lowest BCUT2D eigenvalue weighted by Crippen LogP contribution is -2.37. The molecule has 5 nitrogen and oxygen atoms in total. The van der Waals surface area contributed by atoms with Crippen molar-refractivity contribution in [1.82, 2.24) is 15.2 Å². The van der Waals surface area contributed by atoms with Gasteiger partial charge < -0.3 is 10.2 Å². The van der Waals surface area contributed by atoms with Gasteiger partial charge in [0.15, 0.2) is 0 Å². The standard InChI is InChI=1S/C11H13N3O2/c15-10-8-14(7-3-6-13-10)11(16)9-4-1-2-5-12-9/h1-2,4-5H,3,6-8H2,(H,13,15). The second kappa shape index (κ2) is 4.74. The summed E-state index contributed by atoms with van der Waals surface area (Å²) in [4.78, 5) is 28.8. The SMILES string of the molecule is O=C1CN(C(=O)c2ccccn2)CCCN1. The molecule has 0 aliphatic carbocycles. The Morgan fingerprint density at radius 3 is 3.06 bits per heavy atom. The van der Waals surface area contributed by atoms with Gasteiger partial charge in [0, 0.05) is 19.3 Å². The van der Waals surface area contributed by atoms with Crippen LogP contribution >= 0.6 is 0 Å². The molecule has 0 spiro atoms. The number of aromatic nitrogens is 1. The summed E-state index contributed by atoms with van der Waals surface area (Å²) in [5, 5.41) is 2.73. The second-order valence-corrected chi connectivity index (χ2v) is 3.65. The van der Waals surface area contributed by atoms with E-state index >= 15 is 0 Å². The Morgan fingerprint density at radius 2 is 2.31 bits per heavy atom. The first kappa shape index (κ1) is 10.6. The molecule has 1 aromatic heterocycles. The van der Waals surface area contributed by atoms with Crippen molar-refractivity contribution in [3.8, 4) is 0 Å². The van der Waals surface area contributed by atoms with Gasteiger partial charge in [0.2, 0.25) is 5.91 Å². The van der Waals surface area contributed by atoms with Crippen LogP contribution in [0.1, 0.15) is 16.9 Å². The first-order valence-corrected chi connectivity index (χ1v) is 5.24. The van der Waals surface area contributed by atoms with E-state index in [0.29, 0.717) is 18.8 Å². The van der Waals surface area contributed by atoms with E-state index in [-0.39, 0.29) is 18.4 Å². The molecule has 0 saturated carbocycles. The summed E-state index contributed by atoms with van der Waals surface area (Å²) >= 11 is 0. The molecule has 0 atom stereocenters. The molecular weight excluding hydrogens is 206 g/mol. The number of hydrogen-bond acceptors (Lipinski definition) is 3. The zero-order valence-corrected chi connectivity index (χ0v) is 8.85. The van der Waals surface area contributed by atoms with Crippen molar-refractivity contribution in [2.75, 3.05) is 19.6 Å². The monoisotopic (exact) mass is 219 g/mol. The zero-order chi connectivity index (χ0) is 11.4. The van der Waals surface area contributed by atoms with E-state index in [2.05, 4.69) is 10.3 Å². The number of hydrogen-bond donors (Lipinski definition) is 1. The number of carbonyl (C=O) groups excluding carboxylic acids is 2. The van der Waals surface area contributed by atoms with Crippen LogP contribution < -0.4 is 5.32 Å². The van der Waals surface area contributed by atoms with Crippen molar-refractivity contribution in [1.29, 1.82) is 0 Å². The predicted molar refractivity (Wildman–Crippen MR) is 57.8 cm³/mol. The number of rotatable bonds is 1. The molecule has 1 aromatic rings. The van der Waals surface area contributed by atoms with Crippen molar-refractivity contribution >= 4 is 11.8 Å². The minimum Gasteiger partial charge on any atom is -0.354 e. The van der Waals surface area contributed by atoms with Crippen LogP contribution in [0, 0.1) is 0 Å². The maximum Gasteiger partial charge on any atom is 0.272 e. The van der Waals surface area contributed by atoms with Gasteiger partial charge in [-0.1, -0.05) is 6.07 Å². The highest BCUT2D eigenvalue weighted by atomic mass is 16.2. The lowest BCUT2D eigenvalue weighted by molar-refractivity contribution is -0.121. The molecule has 1 aliphatic rings. The number of nitrogens with one attached hydrogen (secondary N) is 1. The first-order valence-electron chi connectivity index (χ1n) is 5.24. The minimum atomic E-state index is -0.183. The van der Waals surface area contributed by atoms with Crippen LogP contribution in [0.15, 0.2) is 24.4 Å². The van der Waals surface area contributed by atoms with Crippen LogP contribution in [0.3, 0.4) is 0 Å². The smallest absolute Gasteiger partial charge is 0.272 e. The largest absolute Gasteiger partial charge is 0.354 e. The van der Waals surface area contributed by atoms with Gasteiger partial charge in [-0.3, -0.25) is 14.6 Å². The van der Waals surface area contributed by atoms with E-state index < -0.39 is 0 Å². The zero-order valence-electron chi connectivity index (χ0n) is 8.85.